The summed E-state index contributed by atoms with van der Waals surface area (Å²) in [6.45, 7) is 3.91. The summed E-state index contributed by atoms with van der Waals surface area (Å²) in [5.74, 6) is 0.923. The van der Waals surface area contributed by atoms with Gasteiger partial charge >= 0.3 is 0 Å². The molecule has 0 saturated heterocycles. The van der Waals surface area contributed by atoms with E-state index in [1.807, 2.05) is 12.1 Å². The first-order valence-electron chi connectivity index (χ1n) is 6.15. The van der Waals surface area contributed by atoms with E-state index in [9.17, 15) is 0 Å². The molecule has 0 aliphatic carbocycles. The van der Waals surface area contributed by atoms with Crippen molar-refractivity contribution in [1.82, 2.24) is 5.32 Å². The van der Waals surface area contributed by atoms with Gasteiger partial charge in [-0.25, -0.2) is 0 Å². The van der Waals surface area contributed by atoms with Gasteiger partial charge in [-0.2, -0.15) is 0 Å². The smallest absolute Gasteiger partial charge is 0.119 e. The lowest BCUT2D eigenvalue weighted by atomic mass is 10.1. The van der Waals surface area contributed by atoms with Gasteiger partial charge in [-0.15, -0.1) is 0 Å². The Morgan fingerprint density at radius 3 is 2.76 bits per heavy atom. The minimum atomic E-state index is 0.450. The zero-order valence-electron chi connectivity index (χ0n) is 11.0. The third kappa shape index (κ3) is 5.20. The van der Waals surface area contributed by atoms with E-state index in [4.69, 9.17) is 9.47 Å². The molecule has 1 atom stereocenters. The van der Waals surface area contributed by atoms with Crippen LogP contribution >= 0.6 is 0 Å². The number of hydrogen-bond acceptors (Lipinski definition) is 3. The highest BCUT2D eigenvalue weighted by Crippen LogP contribution is 2.12. The largest absolute Gasteiger partial charge is 0.497 e. The summed E-state index contributed by atoms with van der Waals surface area (Å²) in [6.07, 6.45) is 2.10. The second-order valence-electron chi connectivity index (χ2n) is 4.12. The van der Waals surface area contributed by atoms with E-state index in [-0.39, 0.29) is 0 Å². The van der Waals surface area contributed by atoms with Crippen molar-refractivity contribution in [1.29, 1.82) is 0 Å². The molecule has 0 fully saturated rings. The zero-order valence-corrected chi connectivity index (χ0v) is 11.0. The Labute approximate surface area is 104 Å². The van der Waals surface area contributed by atoms with Gasteiger partial charge in [0.1, 0.15) is 5.75 Å². The maximum atomic E-state index is 5.20. The van der Waals surface area contributed by atoms with Crippen LogP contribution in [0.5, 0.6) is 5.75 Å². The predicted molar refractivity (Wildman–Crippen MR) is 70.7 cm³/mol. The molecule has 1 aromatic carbocycles. The van der Waals surface area contributed by atoms with Crippen LogP contribution in [0.3, 0.4) is 0 Å². The molecule has 1 N–H and O–H groups in total. The van der Waals surface area contributed by atoms with Crippen LogP contribution in [0.1, 0.15) is 18.9 Å². The summed E-state index contributed by atoms with van der Waals surface area (Å²) in [6, 6.07) is 8.66. The molecule has 3 heteroatoms. The van der Waals surface area contributed by atoms with Gasteiger partial charge in [-0.3, -0.25) is 0 Å². The Kier molecular flexibility index (Phi) is 6.67. The number of benzene rings is 1. The molecule has 0 heterocycles. The average Bonchev–Trinajstić information content (AvgIpc) is 2.38. The first-order chi connectivity index (χ1) is 8.30. The van der Waals surface area contributed by atoms with E-state index in [0.717, 1.165) is 31.7 Å². The van der Waals surface area contributed by atoms with Crippen molar-refractivity contribution >= 4 is 0 Å². The van der Waals surface area contributed by atoms with Gasteiger partial charge in [0.15, 0.2) is 0 Å². The third-order valence-electron chi connectivity index (χ3n) is 2.84. The van der Waals surface area contributed by atoms with Crippen LogP contribution in [-0.2, 0) is 11.2 Å². The topological polar surface area (TPSA) is 30.5 Å². The van der Waals surface area contributed by atoms with E-state index in [1.54, 1.807) is 14.2 Å². The summed E-state index contributed by atoms with van der Waals surface area (Å²) in [5.41, 5.74) is 1.30. The van der Waals surface area contributed by atoms with Gasteiger partial charge in [-0.05, 0) is 37.1 Å². The molecule has 0 saturated carbocycles. The van der Waals surface area contributed by atoms with Crippen LogP contribution in [-0.4, -0.2) is 33.4 Å². The highest BCUT2D eigenvalue weighted by molar-refractivity contribution is 5.28. The van der Waals surface area contributed by atoms with Gasteiger partial charge in [0, 0.05) is 13.2 Å². The molecule has 0 amide bonds. The molecule has 0 aromatic heterocycles. The Morgan fingerprint density at radius 2 is 2.12 bits per heavy atom. The fourth-order valence-corrected chi connectivity index (χ4v) is 1.77. The zero-order chi connectivity index (χ0) is 12.5. The van der Waals surface area contributed by atoms with Crippen molar-refractivity contribution in [3.63, 3.8) is 0 Å². The van der Waals surface area contributed by atoms with Crippen molar-refractivity contribution in [2.45, 2.75) is 25.8 Å². The number of methoxy groups -OCH3 is 2. The maximum absolute atomic E-state index is 5.20. The molecule has 1 aromatic rings. The van der Waals surface area contributed by atoms with Crippen molar-refractivity contribution in [3.05, 3.63) is 29.8 Å². The van der Waals surface area contributed by atoms with Crippen molar-refractivity contribution in [2.24, 2.45) is 0 Å². The third-order valence-corrected chi connectivity index (χ3v) is 2.84. The fraction of sp³-hybridized carbons (Fsp3) is 0.571. The standard InChI is InChI=1S/C14H23NO2/c1-4-13(11-16-2)15-9-8-12-6-5-7-14(10-12)17-3/h5-7,10,13,15H,4,8-9,11H2,1-3H3. The summed E-state index contributed by atoms with van der Waals surface area (Å²) in [7, 11) is 3.44. The summed E-state index contributed by atoms with van der Waals surface area (Å²) in [4.78, 5) is 0. The van der Waals surface area contributed by atoms with Crippen LogP contribution in [0, 0.1) is 0 Å². The molecule has 0 aliphatic rings. The lowest BCUT2D eigenvalue weighted by Crippen LogP contribution is -2.34. The minimum Gasteiger partial charge on any atom is -0.497 e. The van der Waals surface area contributed by atoms with E-state index in [1.165, 1.54) is 5.56 Å². The highest BCUT2D eigenvalue weighted by atomic mass is 16.5. The van der Waals surface area contributed by atoms with E-state index in [0.29, 0.717) is 6.04 Å². The molecule has 0 spiro atoms. The molecule has 3 nitrogen and oxygen atoms in total. The van der Waals surface area contributed by atoms with E-state index >= 15 is 0 Å². The second kappa shape index (κ2) is 8.09. The molecule has 0 radical (unpaired) electrons. The van der Waals surface area contributed by atoms with Crippen molar-refractivity contribution in [3.8, 4) is 5.75 Å². The van der Waals surface area contributed by atoms with Crippen LogP contribution in [0.15, 0.2) is 24.3 Å². The minimum absolute atomic E-state index is 0.450. The summed E-state index contributed by atoms with van der Waals surface area (Å²) >= 11 is 0. The van der Waals surface area contributed by atoms with Crippen LogP contribution in [0.4, 0.5) is 0 Å². The number of hydrogen-bond donors (Lipinski definition) is 1. The molecular weight excluding hydrogens is 214 g/mol. The SMILES string of the molecule is CCC(COC)NCCc1cccc(OC)c1. The lowest BCUT2D eigenvalue weighted by molar-refractivity contribution is 0.165. The van der Waals surface area contributed by atoms with Gasteiger partial charge < -0.3 is 14.8 Å². The lowest BCUT2D eigenvalue weighted by Gasteiger charge is -2.15. The van der Waals surface area contributed by atoms with Gasteiger partial charge in [0.25, 0.3) is 0 Å². The highest BCUT2D eigenvalue weighted by Gasteiger charge is 2.04. The average molecular weight is 237 g/mol. The summed E-state index contributed by atoms with van der Waals surface area (Å²) in [5, 5.41) is 3.49. The number of rotatable bonds is 8. The van der Waals surface area contributed by atoms with Crippen LogP contribution < -0.4 is 10.1 Å². The summed E-state index contributed by atoms with van der Waals surface area (Å²) < 4.78 is 10.4. The molecule has 17 heavy (non-hydrogen) atoms. The maximum Gasteiger partial charge on any atom is 0.119 e. The Bertz CT molecular complexity index is 315. The monoisotopic (exact) mass is 237 g/mol. The van der Waals surface area contributed by atoms with Crippen molar-refractivity contribution in [2.75, 3.05) is 27.4 Å². The normalized spacial score (nSPS) is 12.4. The number of ether oxygens (including phenoxy) is 2. The first kappa shape index (κ1) is 14.0. The Morgan fingerprint density at radius 1 is 1.29 bits per heavy atom. The van der Waals surface area contributed by atoms with E-state index in [2.05, 4.69) is 24.4 Å². The predicted octanol–water partition coefficient (Wildman–Crippen LogP) is 2.25. The molecule has 1 unspecified atom stereocenters. The molecule has 96 valence electrons. The van der Waals surface area contributed by atoms with Gasteiger partial charge in [0.05, 0.1) is 13.7 Å². The van der Waals surface area contributed by atoms with Crippen LogP contribution in [0.2, 0.25) is 0 Å². The Balaban J connectivity index is 2.34. The van der Waals surface area contributed by atoms with Gasteiger partial charge in [-0.1, -0.05) is 19.1 Å². The fourth-order valence-electron chi connectivity index (χ4n) is 1.77. The molecule has 0 bridgehead atoms. The van der Waals surface area contributed by atoms with Crippen LogP contribution in [0.25, 0.3) is 0 Å². The van der Waals surface area contributed by atoms with Crippen molar-refractivity contribution < 1.29 is 9.47 Å². The van der Waals surface area contributed by atoms with Gasteiger partial charge in [0.2, 0.25) is 0 Å². The quantitative estimate of drug-likeness (QED) is 0.752. The molecule has 1 rings (SSSR count). The molecular formula is C14H23NO2. The second-order valence-corrected chi connectivity index (χ2v) is 4.12. The first-order valence-corrected chi connectivity index (χ1v) is 6.15. The Hall–Kier alpha value is -1.06. The van der Waals surface area contributed by atoms with E-state index < -0.39 is 0 Å². The molecule has 0 aliphatic heterocycles. The number of nitrogens with one attached hydrogen (secondary N) is 1.